The molecule has 96 valence electrons. The molecule has 1 saturated carbocycles. The molecule has 1 heterocycles. The van der Waals surface area contributed by atoms with Crippen LogP contribution in [0.4, 0.5) is 0 Å². The van der Waals surface area contributed by atoms with Crippen molar-refractivity contribution >= 4 is 0 Å². The Morgan fingerprint density at radius 1 is 1.41 bits per heavy atom. The average Bonchev–Trinajstić information content (AvgIpc) is 3.03. The van der Waals surface area contributed by atoms with E-state index >= 15 is 0 Å². The maximum atomic E-state index is 3.66. The summed E-state index contributed by atoms with van der Waals surface area (Å²) in [5, 5.41) is 3.66. The summed E-state index contributed by atoms with van der Waals surface area (Å²) in [6.45, 7) is 11.1. The first-order chi connectivity index (χ1) is 8.11. The molecular formula is C15H26N2. The second-order valence-corrected chi connectivity index (χ2v) is 5.60. The fourth-order valence-electron chi connectivity index (χ4n) is 2.76. The van der Waals surface area contributed by atoms with E-state index in [9.17, 15) is 0 Å². The monoisotopic (exact) mass is 234 g/mol. The lowest BCUT2D eigenvalue weighted by atomic mass is 10.1. The lowest BCUT2D eigenvalue weighted by Gasteiger charge is -2.13. The Morgan fingerprint density at radius 3 is 2.65 bits per heavy atom. The number of nitrogens with one attached hydrogen (secondary N) is 1. The highest BCUT2D eigenvalue weighted by Crippen LogP contribution is 2.33. The number of hydrogen-bond acceptors (Lipinski definition) is 1. The predicted molar refractivity (Wildman–Crippen MR) is 73.2 cm³/mol. The Kier molecular flexibility index (Phi) is 3.93. The van der Waals surface area contributed by atoms with Crippen molar-refractivity contribution in [2.75, 3.05) is 0 Å². The van der Waals surface area contributed by atoms with Gasteiger partial charge in [-0.2, -0.15) is 0 Å². The number of nitrogens with zero attached hydrogens (tertiary/aromatic N) is 1. The van der Waals surface area contributed by atoms with Gasteiger partial charge in [0.25, 0.3) is 0 Å². The molecule has 1 aliphatic rings. The Hall–Kier alpha value is -0.760. The third-order valence-corrected chi connectivity index (χ3v) is 4.02. The van der Waals surface area contributed by atoms with Gasteiger partial charge in [0.15, 0.2) is 0 Å². The van der Waals surface area contributed by atoms with Crippen LogP contribution in [0, 0.1) is 19.8 Å². The fourth-order valence-corrected chi connectivity index (χ4v) is 2.76. The van der Waals surface area contributed by atoms with Crippen molar-refractivity contribution in [3.63, 3.8) is 0 Å². The predicted octanol–water partition coefficient (Wildman–Crippen LogP) is 3.40. The molecule has 2 rings (SSSR count). The molecule has 2 nitrogen and oxygen atoms in total. The van der Waals surface area contributed by atoms with Crippen LogP contribution in [0.15, 0.2) is 6.07 Å². The van der Waals surface area contributed by atoms with Gasteiger partial charge in [0.1, 0.15) is 0 Å². The topological polar surface area (TPSA) is 17.0 Å². The van der Waals surface area contributed by atoms with Crippen LogP contribution in [0.25, 0.3) is 0 Å². The summed E-state index contributed by atoms with van der Waals surface area (Å²) in [4.78, 5) is 0. The van der Waals surface area contributed by atoms with Crippen LogP contribution in [0.3, 0.4) is 0 Å². The smallest absolute Gasteiger partial charge is 0.0225 e. The molecule has 0 amide bonds. The summed E-state index contributed by atoms with van der Waals surface area (Å²) in [6.07, 6.45) is 4.26. The highest BCUT2D eigenvalue weighted by atomic mass is 15.0. The molecule has 0 saturated heterocycles. The summed E-state index contributed by atoms with van der Waals surface area (Å²) in [7, 11) is 0. The Morgan fingerprint density at radius 2 is 2.12 bits per heavy atom. The molecule has 17 heavy (non-hydrogen) atoms. The Balaban J connectivity index is 1.89. The minimum atomic E-state index is 0.659. The first kappa shape index (κ1) is 12.7. The molecule has 1 aliphatic carbocycles. The van der Waals surface area contributed by atoms with Gasteiger partial charge in [0.05, 0.1) is 0 Å². The van der Waals surface area contributed by atoms with Gasteiger partial charge >= 0.3 is 0 Å². The van der Waals surface area contributed by atoms with Gasteiger partial charge in [-0.25, -0.2) is 0 Å². The molecule has 0 aromatic carbocycles. The second-order valence-electron chi connectivity index (χ2n) is 5.60. The van der Waals surface area contributed by atoms with E-state index < -0.39 is 0 Å². The molecular weight excluding hydrogens is 208 g/mol. The lowest BCUT2D eigenvalue weighted by molar-refractivity contribution is 0.486. The summed E-state index contributed by atoms with van der Waals surface area (Å²) >= 11 is 0. The van der Waals surface area contributed by atoms with Crippen molar-refractivity contribution in [3.8, 4) is 0 Å². The van der Waals surface area contributed by atoms with Crippen LogP contribution < -0.4 is 5.32 Å². The minimum Gasteiger partial charge on any atom is -0.349 e. The normalized spacial score (nSPS) is 17.4. The number of rotatable bonds is 6. The molecule has 0 spiro atoms. The van der Waals surface area contributed by atoms with E-state index in [-0.39, 0.29) is 0 Å². The molecule has 0 aliphatic heterocycles. The van der Waals surface area contributed by atoms with Crippen LogP contribution in [-0.4, -0.2) is 10.6 Å². The zero-order valence-corrected chi connectivity index (χ0v) is 11.7. The van der Waals surface area contributed by atoms with E-state index in [1.54, 1.807) is 0 Å². The van der Waals surface area contributed by atoms with E-state index in [1.807, 2.05) is 0 Å². The molecule has 1 aromatic heterocycles. The number of aryl methyl sites for hydroxylation is 1. The third kappa shape index (κ3) is 3.12. The van der Waals surface area contributed by atoms with Crippen LogP contribution >= 0.6 is 0 Å². The first-order valence-corrected chi connectivity index (χ1v) is 7.00. The number of aromatic nitrogens is 1. The van der Waals surface area contributed by atoms with Crippen molar-refractivity contribution in [2.45, 2.75) is 66.1 Å². The average molecular weight is 234 g/mol. The van der Waals surface area contributed by atoms with E-state index in [2.05, 4.69) is 43.6 Å². The molecule has 2 heteroatoms. The molecule has 0 radical (unpaired) electrons. The molecule has 1 unspecified atom stereocenters. The molecule has 0 bridgehead atoms. The molecule has 1 aromatic rings. The Bertz CT molecular complexity index is 375. The van der Waals surface area contributed by atoms with Gasteiger partial charge in [-0.15, -0.1) is 0 Å². The van der Waals surface area contributed by atoms with Gasteiger partial charge in [-0.05, 0) is 51.7 Å². The maximum absolute atomic E-state index is 3.66. The van der Waals surface area contributed by atoms with E-state index in [1.165, 1.54) is 36.2 Å². The summed E-state index contributed by atoms with van der Waals surface area (Å²) in [5.74, 6) is 1.01. The third-order valence-electron chi connectivity index (χ3n) is 4.02. The van der Waals surface area contributed by atoms with Crippen LogP contribution in [0.5, 0.6) is 0 Å². The van der Waals surface area contributed by atoms with Crippen molar-refractivity contribution in [2.24, 2.45) is 5.92 Å². The van der Waals surface area contributed by atoms with E-state index in [0.717, 1.165) is 19.0 Å². The molecule has 1 N–H and O–H groups in total. The number of hydrogen-bond donors (Lipinski definition) is 1. The van der Waals surface area contributed by atoms with Gasteiger partial charge in [-0.3, -0.25) is 0 Å². The largest absolute Gasteiger partial charge is 0.349 e. The van der Waals surface area contributed by atoms with Crippen molar-refractivity contribution in [1.82, 2.24) is 9.88 Å². The summed E-state index contributed by atoms with van der Waals surface area (Å²) < 4.78 is 2.39. The zero-order valence-electron chi connectivity index (χ0n) is 11.7. The van der Waals surface area contributed by atoms with Crippen molar-refractivity contribution < 1.29 is 0 Å². The highest BCUT2D eigenvalue weighted by molar-refractivity contribution is 5.26. The fraction of sp³-hybridized carbons (Fsp3) is 0.733. The van der Waals surface area contributed by atoms with Gasteiger partial charge < -0.3 is 9.88 Å². The molecule has 1 atom stereocenters. The molecule has 1 fully saturated rings. The van der Waals surface area contributed by atoms with E-state index in [4.69, 9.17) is 0 Å². The quantitative estimate of drug-likeness (QED) is 0.798. The Labute approximate surface area is 105 Å². The minimum absolute atomic E-state index is 0.659. The van der Waals surface area contributed by atoms with Gasteiger partial charge in [0.2, 0.25) is 0 Å². The van der Waals surface area contributed by atoms with Crippen LogP contribution in [-0.2, 0) is 13.1 Å². The van der Waals surface area contributed by atoms with Crippen molar-refractivity contribution in [3.05, 3.63) is 23.0 Å². The highest BCUT2D eigenvalue weighted by Gasteiger charge is 2.23. The van der Waals surface area contributed by atoms with Crippen molar-refractivity contribution in [1.29, 1.82) is 0 Å². The van der Waals surface area contributed by atoms with Crippen LogP contribution in [0.1, 0.15) is 50.1 Å². The SMILES string of the molecule is CCn1c(C)cc(CNC(C)CC2CC2)c1C. The van der Waals surface area contributed by atoms with Gasteiger partial charge in [0, 0.05) is 30.5 Å². The lowest BCUT2D eigenvalue weighted by Crippen LogP contribution is -2.26. The summed E-state index contributed by atoms with van der Waals surface area (Å²) in [5.41, 5.74) is 4.28. The van der Waals surface area contributed by atoms with Crippen LogP contribution in [0.2, 0.25) is 0 Å². The standard InChI is InChI=1S/C15H26N2/c1-5-17-12(3)9-15(13(17)4)10-16-11(2)8-14-6-7-14/h9,11,14,16H,5-8,10H2,1-4H3. The second kappa shape index (κ2) is 5.26. The van der Waals surface area contributed by atoms with E-state index in [0.29, 0.717) is 6.04 Å². The summed E-state index contributed by atoms with van der Waals surface area (Å²) in [6, 6.07) is 2.99. The maximum Gasteiger partial charge on any atom is 0.0225 e. The zero-order chi connectivity index (χ0) is 12.4. The first-order valence-electron chi connectivity index (χ1n) is 7.00. The van der Waals surface area contributed by atoms with Gasteiger partial charge in [-0.1, -0.05) is 12.8 Å².